The monoisotopic (exact) mass is 519 g/mol. The molecule has 5 aromatic heterocycles. The number of aromatic amines is 1. The molecule has 0 aromatic carbocycles. The number of aromatic nitrogens is 7. The van der Waals surface area contributed by atoms with E-state index in [9.17, 15) is 4.79 Å². The second kappa shape index (κ2) is 8.69. The summed E-state index contributed by atoms with van der Waals surface area (Å²) in [7, 11) is 1.80. The molecule has 1 amide bonds. The molecule has 0 radical (unpaired) electrons. The summed E-state index contributed by atoms with van der Waals surface area (Å²) in [5, 5.41) is 8.57. The molecule has 2 aliphatic rings. The molecule has 10 nitrogen and oxygen atoms in total. The topological polar surface area (TPSA) is 117 Å². The van der Waals surface area contributed by atoms with Gasteiger partial charge in [-0.05, 0) is 24.3 Å². The van der Waals surface area contributed by atoms with Crippen molar-refractivity contribution in [2.75, 3.05) is 11.9 Å². The molecular formula is C28H22FN9O. The van der Waals surface area contributed by atoms with Gasteiger partial charge in [-0.15, -0.1) is 0 Å². The third kappa shape index (κ3) is 3.78. The van der Waals surface area contributed by atoms with Crippen LogP contribution in [0.1, 0.15) is 18.9 Å². The van der Waals surface area contributed by atoms with Gasteiger partial charge in [-0.3, -0.25) is 24.4 Å². The van der Waals surface area contributed by atoms with Crippen LogP contribution in [0.25, 0.3) is 50.9 Å². The number of amides is 1. The number of carbonyl (C=O) groups excluding carboxylic acids is 1. The van der Waals surface area contributed by atoms with Gasteiger partial charge in [0.05, 0.1) is 45.9 Å². The standard InChI is InChI=1S/C28H22FN9O/c1-3-21(39)33-17-10-16(11-31-12-17)18-13-38-14-20(38)27-22(23(18)29)26(36-37(27)2)28-34-19-6-9-32-24(25(19)35-28)15-4-7-30-8-5-15/h4-13H,3,14H2,1-2H3,(H,33,39)(H,34,35). The largest absolute Gasteiger partial charge is 0.341 e. The van der Waals surface area contributed by atoms with Gasteiger partial charge in [0.2, 0.25) is 5.91 Å². The number of anilines is 1. The summed E-state index contributed by atoms with van der Waals surface area (Å²) in [4.78, 5) is 35.0. The van der Waals surface area contributed by atoms with Crippen molar-refractivity contribution in [2.45, 2.75) is 13.3 Å². The first kappa shape index (κ1) is 23.0. The summed E-state index contributed by atoms with van der Waals surface area (Å²) in [6.07, 6.45) is 10.4. The average Bonchev–Trinajstić information content (AvgIpc) is 3.45. The SMILES string of the molecule is CCC(=O)Nc1cncc(C2=CN3CC3=c3c(c(-c4nc5c(-c6ccncc6)nccc5[nH]4)nn3C)=C2F)c1. The Morgan fingerprint density at radius 3 is 2.77 bits per heavy atom. The Morgan fingerprint density at radius 2 is 1.95 bits per heavy atom. The number of nitrogens with zero attached hydrogens (tertiary/aromatic N) is 7. The van der Waals surface area contributed by atoms with Gasteiger partial charge in [-0.25, -0.2) is 9.37 Å². The third-order valence-corrected chi connectivity index (χ3v) is 6.86. The number of pyridine rings is 3. The Bertz CT molecular complexity index is 1960. The van der Waals surface area contributed by atoms with Crippen LogP contribution in [0, 0.1) is 0 Å². The molecule has 0 unspecified atom stereocenters. The zero-order valence-electron chi connectivity index (χ0n) is 21.1. The first-order valence-electron chi connectivity index (χ1n) is 12.5. The van der Waals surface area contributed by atoms with E-state index in [1.807, 2.05) is 23.1 Å². The van der Waals surface area contributed by atoms with Crippen LogP contribution in [0.5, 0.6) is 0 Å². The molecule has 5 aromatic rings. The quantitative estimate of drug-likeness (QED) is 0.343. The molecule has 7 rings (SSSR count). The number of fused-ring (bicyclic) bond motifs is 3. The van der Waals surface area contributed by atoms with Gasteiger partial charge in [0.15, 0.2) is 5.82 Å². The van der Waals surface area contributed by atoms with Crippen LogP contribution in [0.15, 0.2) is 61.4 Å². The highest BCUT2D eigenvalue weighted by molar-refractivity contribution is 5.99. The summed E-state index contributed by atoms with van der Waals surface area (Å²) in [6.45, 7) is 2.43. The van der Waals surface area contributed by atoms with Gasteiger partial charge >= 0.3 is 0 Å². The highest BCUT2D eigenvalue weighted by atomic mass is 19.1. The normalized spacial score (nSPS) is 14.1. The van der Waals surface area contributed by atoms with Gasteiger partial charge in [0.25, 0.3) is 0 Å². The third-order valence-electron chi connectivity index (χ3n) is 6.86. The number of rotatable bonds is 5. The number of imidazole rings is 1. The lowest BCUT2D eigenvalue weighted by Crippen LogP contribution is -2.30. The number of nitrogens with one attached hydrogen (secondary N) is 2. The summed E-state index contributed by atoms with van der Waals surface area (Å²) in [6, 6.07) is 7.31. The molecule has 0 spiro atoms. The maximum atomic E-state index is 16.6. The van der Waals surface area contributed by atoms with E-state index in [0.29, 0.717) is 63.1 Å². The first-order valence-corrected chi connectivity index (χ1v) is 12.5. The van der Waals surface area contributed by atoms with Crippen LogP contribution in [0.2, 0.25) is 0 Å². The molecule has 0 bridgehead atoms. The van der Waals surface area contributed by atoms with E-state index in [2.05, 4.69) is 25.3 Å². The van der Waals surface area contributed by atoms with Gasteiger partial charge in [-0.1, -0.05) is 6.92 Å². The molecule has 7 heterocycles. The van der Waals surface area contributed by atoms with Crippen LogP contribution in [-0.4, -0.2) is 52.1 Å². The van der Waals surface area contributed by atoms with E-state index in [1.165, 1.54) is 0 Å². The summed E-state index contributed by atoms with van der Waals surface area (Å²) in [5.74, 6) is -0.143. The van der Waals surface area contributed by atoms with Crippen LogP contribution in [0.4, 0.5) is 10.1 Å². The number of hydrogen-bond acceptors (Lipinski definition) is 7. The number of H-pyrrole nitrogens is 1. The lowest BCUT2D eigenvalue weighted by molar-refractivity contribution is -0.115. The fourth-order valence-corrected chi connectivity index (χ4v) is 4.91. The van der Waals surface area contributed by atoms with Gasteiger partial charge < -0.3 is 15.2 Å². The van der Waals surface area contributed by atoms with Crippen molar-refractivity contribution in [3.63, 3.8) is 0 Å². The highest BCUT2D eigenvalue weighted by Crippen LogP contribution is 2.34. The first-order chi connectivity index (χ1) is 19.0. The van der Waals surface area contributed by atoms with Crippen molar-refractivity contribution in [1.29, 1.82) is 0 Å². The van der Waals surface area contributed by atoms with Crippen molar-refractivity contribution < 1.29 is 9.18 Å². The Labute approximate surface area is 221 Å². The van der Waals surface area contributed by atoms with Gasteiger partial charge in [-0.2, -0.15) is 5.10 Å². The molecule has 0 aliphatic carbocycles. The minimum absolute atomic E-state index is 0.142. The van der Waals surface area contributed by atoms with E-state index in [-0.39, 0.29) is 5.91 Å². The molecule has 1 fully saturated rings. The zero-order valence-corrected chi connectivity index (χ0v) is 21.1. The zero-order chi connectivity index (χ0) is 26.7. The predicted molar refractivity (Wildman–Crippen MR) is 144 cm³/mol. The molecule has 11 heteroatoms. The highest BCUT2D eigenvalue weighted by Gasteiger charge is 2.33. The summed E-state index contributed by atoms with van der Waals surface area (Å²) < 4.78 is 18.3. The van der Waals surface area contributed by atoms with Crippen LogP contribution in [0.3, 0.4) is 0 Å². The minimum Gasteiger partial charge on any atom is -0.341 e. The predicted octanol–water partition coefficient (Wildman–Crippen LogP) is 2.72. The summed E-state index contributed by atoms with van der Waals surface area (Å²) >= 11 is 0. The number of hydrogen-bond donors (Lipinski definition) is 2. The van der Waals surface area contributed by atoms with Crippen molar-refractivity contribution in [3.05, 3.63) is 77.6 Å². The molecule has 0 saturated carbocycles. The minimum atomic E-state index is -0.443. The smallest absolute Gasteiger partial charge is 0.224 e. The summed E-state index contributed by atoms with van der Waals surface area (Å²) in [5.41, 5.74) is 5.78. The Hall–Kier alpha value is -5.19. The lowest BCUT2D eigenvalue weighted by Gasteiger charge is -2.09. The van der Waals surface area contributed by atoms with E-state index < -0.39 is 5.83 Å². The number of carbonyl (C=O) groups is 1. The molecule has 0 atom stereocenters. The fourth-order valence-electron chi connectivity index (χ4n) is 4.91. The number of halogens is 1. The van der Waals surface area contributed by atoms with E-state index >= 15 is 4.39 Å². The van der Waals surface area contributed by atoms with E-state index in [1.54, 1.807) is 61.9 Å². The van der Waals surface area contributed by atoms with Crippen LogP contribution >= 0.6 is 0 Å². The molecule has 2 N–H and O–H groups in total. The average molecular weight is 520 g/mol. The fraction of sp³-hybridized carbons (Fsp3) is 0.143. The lowest BCUT2D eigenvalue weighted by atomic mass is 10.1. The number of allylic oxidation sites excluding steroid dienone is 1. The van der Waals surface area contributed by atoms with Crippen LogP contribution < -0.4 is 15.9 Å². The van der Waals surface area contributed by atoms with Crippen molar-refractivity contribution >= 4 is 39.7 Å². The Kier molecular flexibility index (Phi) is 5.12. The van der Waals surface area contributed by atoms with Crippen LogP contribution in [-0.2, 0) is 11.8 Å². The Morgan fingerprint density at radius 1 is 1.10 bits per heavy atom. The van der Waals surface area contributed by atoms with Crippen molar-refractivity contribution in [3.8, 4) is 22.8 Å². The van der Waals surface area contributed by atoms with Crippen molar-refractivity contribution in [1.82, 2.24) is 39.6 Å². The molecule has 2 aliphatic heterocycles. The van der Waals surface area contributed by atoms with Crippen molar-refractivity contribution in [2.24, 2.45) is 7.05 Å². The molecule has 39 heavy (non-hydrogen) atoms. The Balaban J connectivity index is 1.42. The second-order valence-corrected chi connectivity index (χ2v) is 9.37. The maximum absolute atomic E-state index is 16.6. The second-order valence-electron chi connectivity index (χ2n) is 9.37. The molecular weight excluding hydrogens is 497 g/mol. The van der Waals surface area contributed by atoms with Gasteiger partial charge in [0, 0.05) is 61.2 Å². The van der Waals surface area contributed by atoms with Gasteiger partial charge in [0.1, 0.15) is 17.0 Å². The molecule has 1 saturated heterocycles. The van der Waals surface area contributed by atoms with E-state index in [4.69, 9.17) is 10.1 Å². The maximum Gasteiger partial charge on any atom is 0.224 e. The molecule has 192 valence electrons. The number of aryl methyl sites for hydroxylation is 1. The van der Waals surface area contributed by atoms with E-state index in [0.717, 1.165) is 16.8 Å².